The number of fused-ring (bicyclic) bond motifs is 1. The maximum absolute atomic E-state index is 4.73. The zero-order valence-corrected chi connectivity index (χ0v) is 14.2. The Kier molecular flexibility index (Phi) is 4.23. The lowest BCUT2D eigenvalue weighted by atomic mass is 10.1. The van der Waals surface area contributed by atoms with Gasteiger partial charge in [-0.15, -0.1) is 38.5 Å². The van der Waals surface area contributed by atoms with Gasteiger partial charge in [0.2, 0.25) is 5.16 Å². The minimum absolute atomic E-state index is 0. The molecule has 106 valence electrons. The van der Waals surface area contributed by atoms with E-state index in [0.29, 0.717) is 0 Å². The second kappa shape index (κ2) is 6.13. The highest BCUT2D eigenvalue weighted by Gasteiger charge is 2.20. The van der Waals surface area contributed by atoms with Gasteiger partial charge in [0.05, 0.1) is 10.6 Å². The molecule has 1 aliphatic heterocycles. The van der Waals surface area contributed by atoms with Crippen LogP contribution in [0.15, 0.2) is 58.1 Å². The fourth-order valence-corrected chi connectivity index (χ4v) is 3.59. The van der Waals surface area contributed by atoms with Gasteiger partial charge in [0.1, 0.15) is 0 Å². The van der Waals surface area contributed by atoms with Gasteiger partial charge in [-0.2, -0.15) is 9.78 Å². The summed E-state index contributed by atoms with van der Waals surface area (Å²) < 4.78 is 1.85. The lowest BCUT2D eigenvalue weighted by Gasteiger charge is -2.13. The number of thioether (sulfide) groups is 1. The Morgan fingerprint density at radius 3 is 2.62 bits per heavy atom. The Morgan fingerprint density at radius 1 is 1.00 bits per heavy atom. The maximum Gasteiger partial charge on any atom is 0.212 e. The van der Waals surface area contributed by atoms with E-state index in [0.717, 1.165) is 32.9 Å². The predicted molar refractivity (Wildman–Crippen MR) is 92.8 cm³/mol. The summed E-state index contributed by atoms with van der Waals surface area (Å²) in [5.74, 6) is 1.64. The molecule has 1 aromatic carbocycles. The van der Waals surface area contributed by atoms with Gasteiger partial charge >= 0.3 is 0 Å². The number of benzene rings is 1. The van der Waals surface area contributed by atoms with Crippen LogP contribution in [0.5, 0.6) is 0 Å². The third-order valence-corrected chi connectivity index (χ3v) is 4.82. The first-order valence-corrected chi connectivity index (χ1v) is 8.04. The van der Waals surface area contributed by atoms with E-state index in [4.69, 9.17) is 5.10 Å². The Bertz CT molecular complexity index is 766. The Morgan fingerprint density at radius 2 is 1.86 bits per heavy atom. The molecular weight excluding hydrogens is 368 g/mol. The van der Waals surface area contributed by atoms with Gasteiger partial charge in [-0.3, -0.25) is 0 Å². The largest absolute Gasteiger partial charge is 0.212 e. The highest BCUT2D eigenvalue weighted by Crippen LogP contribution is 2.30. The van der Waals surface area contributed by atoms with Gasteiger partial charge in [0.15, 0.2) is 5.82 Å². The first kappa shape index (κ1) is 14.5. The second-order valence-corrected chi connectivity index (χ2v) is 6.19. The molecule has 0 unspecified atom stereocenters. The van der Waals surface area contributed by atoms with Crippen LogP contribution in [-0.4, -0.2) is 26.3 Å². The molecule has 0 atom stereocenters. The molecule has 0 saturated heterocycles. The zero-order valence-electron chi connectivity index (χ0n) is 10.8. The molecule has 3 aromatic rings. The van der Waals surface area contributed by atoms with Crippen LogP contribution in [-0.2, 0) is 0 Å². The predicted octanol–water partition coefficient (Wildman–Crippen LogP) is 3.94. The molecule has 4 nitrogen and oxygen atoms in total. The Labute approximate surface area is 140 Å². The molecule has 4 rings (SSSR count). The average molecular weight is 379 g/mol. The van der Waals surface area contributed by atoms with E-state index in [2.05, 4.69) is 22.3 Å². The molecule has 0 fully saturated rings. The van der Waals surface area contributed by atoms with Crippen molar-refractivity contribution in [3.05, 3.63) is 53.4 Å². The summed E-state index contributed by atoms with van der Waals surface area (Å²) in [6.07, 6.45) is 0. The molecule has 0 saturated carbocycles. The molecule has 0 N–H and O–H groups in total. The number of hydrogen-bond donors (Lipinski definition) is 0. The number of nitrogens with zero attached hydrogens (tertiary/aromatic N) is 4. The van der Waals surface area contributed by atoms with Crippen molar-refractivity contribution in [1.82, 2.24) is 14.9 Å². The van der Waals surface area contributed by atoms with E-state index in [9.17, 15) is 0 Å². The smallest absolute Gasteiger partial charge is 0.186 e. The first-order valence-electron chi connectivity index (χ1n) is 6.17. The Balaban J connectivity index is 0.00000132. The van der Waals surface area contributed by atoms with Gasteiger partial charge in [-0.25, -0.2) is 0 Å². The molecule has 0 radical (unpaired) electrons. The minimum Gasteiger partial charge on any atom is -0.186 e. The average Bonchev–Trinajstić information content (AvgIpc) is 3.16. The lowest BCUT2D eigenvalue weighted by Crippen LogP contribution is -2.13. The summed E-state index contributed by atoms with van der Waals surface area (Å²) in [5, 5.41) is 16.1. The van der Waals surface area contributed by atoms with Crippen molar-refractivity contribution in [2.75, 3.05) is 5.75 Å². The van der Waals surface area contributed by atoms with Crippen LogP contribution in [0, 0.1) is 0 Å². The van der Waals surface area contributed by atoms with Crippen LogP contribution in [0.3, 0.4) is 0 Å². The van der Waals surface area contributed by atoms with Crippen molar-refractivity contribution < 1.29 is 0 Å². The third-order valence-electron chi connectivity index (χ3n) is 3.02. The number of hydrogen-bond acceptors (Lipinski definition) is 5. The van der Waals surface area contributed by atoms with Crippen LogP contribution in [0.2, 0.25) is 0 Å². The first-order chi connectivity index (χ1) is 9.92. The number of thiophene rings is 1. The zero-order chi connectivity index (χ0) is 13.4. The standard InChI is InChI=1S/C14H10N4S2.BrH/c1-2-5-10(6-3-1)11-9-20-14-16-15-13(18(14)17-11)12-7-4-8-19-12;/h1-8H,9H2;1H. The van der Waals surface area contributed by atoms with E-state index in [-0.39, 0.29) is 17.0 Å². The van der Waals surface area contributed by atoms with E-state index in [1.807, 2.05) is 40.4 Å². The number of aromatic nitrogens is 3. The van der Waals surface area contributed by atoms with Crippen molar-refractivity contribution >= 4 is 45.8 Å². The van der Waals surface area contributed by atoms with Gasteiger partial charge < -0.3 is 0 Å². The number of rotatable bonds is 2. The molecule has 0 amide bonds. The number of halogens is 1. The fraction of sp³-hybridized carbons (Fsp3) is 0.0714. The van der Waals surface area contributed by atoms with Crippen LogP contribution in [0.4, 0.5) is 0 Å². The highest BCUT2D eigenvalue weighted by atomic mass is 79.9. The van der Waals surface area contributed by atoms with Crippen LogP contribution in [0.1, 0.15) is 5.56 Å². The third kappa shape index (κ3) is 2.68. The van der Waals surface area contributed by atoms with E-state index >= 15 is 0 Å². The van der Waals surface area contributed by atoms with Crippen LogP contribution < -0.4 is 0 Å². The topological polar surface area (TPSA) is 43.1 Å². The minimum atomic E-state index is 0. The van der Waals surface area contributed by atoms with Crippen molar-refractivity contribution in [2.24, 2.45) is 5.10 Å². The molecule has 0 bridgehead atoms. The fourth-order valence-electron chi connectivity index (χ4n) is 2.06. The molecule has 3 heterocycles. The quantitative estimate of drug-likeness (QED) is 0.677. The van der Waals surface area contributed by atoms with Crippen molar-refractivity contribution in [3.63, 3.8) is 0 Å². The lowest BCUT2D eigenvalue weighted by molar-refractivity contribution is 0.763. The molecule has 0 aliphatic carbocycles. The van der Waals surface area contributed by atoms with E-state index in [1.165, 1.54) is 0 Å². The summed E-state index contributed by atoms with van der Waals surface area (Å²) in [6, 6.07) is 14.3. The van der Waals surface area contributed by atoms with Crippen molar-refractivity contribution in [3.8, 4) is 10.7 Å². The summed E-state index contributed by atoms with van der Waals surface area (Å²) in [5.41, 5.74) is 2.21. The second-order valence-electron chi connectivity index (χ2n) is 4.30. The van der Waals surface area contributed by atoms with Gasteiger partial charge in [-0.1, -0.05) is 48.2 Å². The monoisotopic (exact) mass is 378 g/mol. The maximum atomic E-state index is 4.73. The molecule has 0 spiro atoms. The van der Waals surface area contributed by atoms with Gasteiger partial charge in [0, 0.05) is 5.75 Å². The summed E-state index contributed by atoms with van der Waals surface area (Å²) in [4.78, 5) is 1.09. The van der Waals surface area contributed by atoms with Gasteiger partial charge in [0.25, 0.3) is 0 Å². The molecular formula is C14H11BrN4S2. The molecule has 21 heavy (non-hydrogen) atoms. The van der Waals surface area contributed by atoms with E-state index in [1.54, 1.807) is 23.1 Å². The highest BCUT2D eigenvalue weighted by molar-refractivity contribution is 8.93. The Hall–Kier alpha value is -1.44. The normalized spacial score (nSPS) is 13.2. The molecule has 7 heteroatoms. The van der Waals surface area contributed by atoms with Crippen molar-refractivity contribution in [1.29, 1.82) is 0 Å². The molecule has 2 aromatic heterocycles. The van der Waals surface area contributed by atoms with Gasteiger partial charge in [-0.05, 0) is 17.0 Å². The SMILES string of the molecule is Br.c1ccc(C2=Nn3c(nnc3-c3cccs3)SC2)cc1. The van der Waals surface area contributed by atoms with Crippen LogP contribution in [0.25, 0.3) is 10.7 Å². The summed E-state index contributed by atoms with van der Waals surface area (Å²) in [7, 11) is 0. The summed E-state index contributed by atoms with van der Waals surface area (Å²) >= 11 is 3.32. The summed E-state index contributed by atoms with van der Waals surface area (Å²) in [6.45, 7) is 0. The van der Waals surface area contributed by atoms with Crippen LogP contribution >= 0.6 is 40.1 Å². The van der Waals surface area contributed by atoms with E-state index < -0.39 is 0 Å². The molecule has 1 aliphatic rings. The van der Waals surface area contributed by atoms with Crippen molar-refractivity contribution in [2.45, 2.75) is 5.16 Å².